The molecular formula is C48H26O2. The van der Waals surface area contributed by atoms with Crippen molar-refractivity contribution in [3.8, 4) is 22.3 Å². The number of para-hydroxylation sites is 2. The molecule has 0 saturated heterocycles. The topological polar surface area (TPSA) is 26.3 Å². The van der Waals surface area contributed by atoms with Crippen LogP contribution in [0.25, 0.3) is 120 Å². The van der Waals surface area contributed by atoms with Crippen LogP contribution in [0, 0.1) is 0 Å². The van der Waals surface area contributed by atoms with Crippen LogP contribution in [-0.4, -0.2) is 0 Å². The summed E-state index contributed by atoms with van der Waals surface area (Å²) in [6.07, 6.45) is 0. The summed E-state index contributed by atoms with van der Waals surface area (Å²) in [6.45, 7) is 0. The van der Waals surface area contributed by atoms with E-state index in [0.717, 1.165) is 55.0 Å². The summed E-state index contributed by atoms with van der Waals surface area (Å²) in [6, 6.07) is 57.1. The number of benzene rings is 10. The molecule has 50 heavy (non-hydrogen) atoms. The lowest BCUT2D eigenvalue weighted by Gasteiger charge is -2.18. The Balaban J connectivity index is 1.22. The molecule has 2 nitrogen and oxygen atoms in total. The molecule has 0 aliphatic carbocycles. The fourth-order valence-electron chi connectivity index (χ4n) is 8.85. The van der Waals surface area contributed by atoms with Gasteiger partial charge < -0.3 is 8.83 Å². The largest absolute Gasteiger partial charge is 0.456 e. The fourth-order valence-corrected chi connectivity index (χ4v) is 8.85. The minimum Gasteiger partial charge on any atom is -0.456 e. The SMILES string of the molecule is c1ccc2c(c1)cc(-c1ccc3ccc4c(-c5c6oc7ccccc7c6cc6oc7ccccc7c56)ccc5ccc1c3c54)c1ccccc12. The summed E-state index contributed by atoms with van der Waals surface area (Å²) in [7, 11) is 0. The summed E-state index contributed by atoms with van der Waals surface area (Å²) in [5, 5.41) is 16.9. The van der Waals surface area contributed by atoms with Gasteiger partial charge in [0.2, 0.25) is 0 Å². The highest BCUT2D eigenvalue weighted by Gasteiger charge is 2.24. The van der Waals surface area contributed by atoms with Gasteiger partial charge in [-0.2, -0.15) is 0 Å². The van der Waals surface area contributed by atoms with Crippen LogP contribution in [0.3, 0.4) is 0 Å². The molecule has 12 rings (SSSR count). The third-order valence-corrected chi connectivity index (χ3v) is 11.0. The second-order valence-electron chi connectivity index (χ2n) is 13.5. The highest BCUT2D eigenvalue weighted by molar-refractivity contribution is 6.32. The zero-order valence-corrected chi connectivity index (χ0v) is 26.8. The van der Waals surface area contributed by atoms with E-state index in [1.54, 1.807) is 0 Å². The Morgan fingerprint density at radius 2 is 0.860 bits per heavy atom. The summed E-state index contributed by atoms with van der Waals surface area (Å²) < 4.78 is 13.3. The van der Waals surface area contributed by atoms with Gasteiger partial charge in [0, 0.05) is 27.1 Å². The van der Waals surface area contributed by atoms with E-state index in [4.69, 9.17) is 8.83 Å². The van der Waals surface area contributed by atoms with Crippen LogP contribution in [0.5, 0.6) is 0 Å². The van der Waals surface area contributed by atoms with Crippen LogP contribution >= 0.6 is 0 Å². The van der Waals surface area contributed by atoms with E-state index >= 15 is 0 Å². The van der Waals surface area contributed by atoms with Crippen molar-refractivity contribution in [2.45, 2.75) is 0 Å². The third kappa shape index (κ3) is 3.37. The maximum atomic E-state index is 6.77. The lowest BCUT2D eigenvalue weighted by atomic mass is 9.85. The summed E-state index contributed by atoms with van der Waals surface area (Å²) in [5.41, 5.74) is 8.27. The molecule has 0 amide bonds. The van der Waals surface area contributed by atoms with Gasteiger partial charge in [-0.3, -0.25) is 0 Å². The molecule has 0 aliphatic rings. The third-order valence-electron chi connectivity index (χ3n) is 11.0. The summed E-state index contributed by atoms with van der Waals surface area (Å²) in [4.78, 5) is 0. The molecule has 0 aliphatic heterocycles. The van der Waals surface area contributed by atoms with Crippen molar-refractivity contribution in [3.05, 3.63) is 158 Å². The predicted octanol–water partition coefficient (Wildman–Crippen LogP) is 14.0. The van der Waals surface area contributed by atoms with Crippen molar-refractivity contribution < 1.29 is 8.83 Å². The highest BCUT2D eigenvalue weighted by Crippen LogP contribution is 2.49. The zero-order chi connectivity index (χ0) is 32.5. The van der Waals surface area contributed by atoms with Gasteiger partial charge in [0.15, 0.2) is 0 Å². The van der Waals surface area contributed by atoms with Crippen LogP contribution in [0.4, 0.5) is 0 Å². The van der Waals surface area contributed by atoms with Crippen LogP contribution < -0.4 is 0 Å². The van der Waals surface area contributed by atoms with Gasteiger partial charge in [-0.1, -0.05) is 133 Å². The molecule has 2 aromatic heterocycles. The van der Waals surface area contributed by atoms with Gasteiger partial charge >= 0.3 is 0 Å². The highest BCUT2D eigenvalue weighted by atomic mass is 16.3. The van der Waals surface area contributed by atoms with Crippen molar-refractivity contribution >= 4 is 97.7 Å². The summed E-state index contributed by atoms with van der Waals surface area (Å²) in [5.74, 6) is 0. The molecule has 0 N–H and O–H groups in total. The van der Waals surface area contributed by atoms with E-state index in [2.05, 4.69) is 146 Å². The van der Waals surface area contributed by atoms with Gasteiger partial charge in [-0.25, -0.2) is 0 Å². The Kier molecular flexibility index (Phi) is 5.00. The Labute approximate surface area is 285 Å². The van der Waals surface area contributed by atoms with Gasteiger partial charge in [-0.05, 0) is 94.8 Å². The first-order valence-corrected chi connectivity index (χ1v) is 17.2. The molecule has 0 radical (unpaired) electrons. The van der Waals surface area contributed by atoms with Crippen molar-refractivity contribution in [2.75, 3.05) is 0 Å². The smallest absolute Gasteiger partial charge is 0.144 e. The summed E-state index contributed by atoms with van der Waals surface area (Å²) >= 11 is 0. The average Bonchev–Trinajstić information content (AvgIpc) is 3.74. The molecule has 0 unspecified atom stereocenters. The number of fused-ring (bicyclic) bond motifs is 9. The second-order valence-corrected chi connectivity index (χ2v) is 13.5. The molecule has 2 heteroatoms. The maximum Gasteiger partial charge on any atom is 0.144 e. The van der Waals surface area contributed by atoms with E-state index in [9.17, 15) is 0 Å². The Morgan fingerprint density at radius 3 is 1.64 bits per heavy atom. The Bertz CT molecular complexity index is 3370. The van der Waals surface area contributed by atoms with Crippen LogP contribution in [0.1, 0.15) is 0 Å². The maximum absolute atomic E-state index is 6.77. The number of hydrogen-bond acceptors (Lipinski definition) is 2. The average molecular weight is 635 g/mol. The van der Waals surface area contributed by atoms with E-state index in [0.29, 0.717) is 0 Å². The number of hydrogen-bond donors (Lipinski definition) is 0. The molecule has 0 saturated carbocycles. The molecule has 230 valence electrons. The lowest BCUT2D eigenvalue weighted by Crippen LogP contribution is -1.91. The van der Waals surface area contributed by atoms with Gasteiger partial charge in [-0.15, -0.1) is 0 Å². The van der Waals surface area contributed by atoms with E-state index in [1.165, 1.54) is 65.0 Å². The normalized spacial score (nSPS) is 12.4. The second kappa shape index (κ2) is 9.49. The molecule has 0 atom stereocenters. The van der Waals surface area contributed by atoms with Crippen molar-refractivity contribution in [1.29, 1.82) is 0 Å². The molecule has 0 bridgehead atoms. The van der Waals surface area contributed by atoms with Crippen LogP contribution in [0.15, 0.2) is 167 Å². The van der Waals surface area contributed by atoms with E-state index < -0.39 is 0 Å². The minimum absolute atomic E-state index is 0.872. The standard InChI is InChI=1S/C48H26O2/c1-2-10-30-29(9-1)25-39(32-12-4-3-11-31(30)32)33-21-17-27-19-23-36-37(24-20-28-18-22-35(33)44(27)45(28)36)47-46-38-14-6-8-16-42(38)49-43(46)26-40-34-13-5-7-15-41(34)50-48(40)47/h1-26H. The predicted molar refractivity (Wildman–Crippen MR) is 211 cm³/mol. The first kappa shape index (κ1) is 26.3. The van der Waals surface area contributed by atoms with E-state index in [-0.39, 0.29) is 0 Å². The van der Waals surface area contributed by atoms with Gasteiger partial charge in [0.25, 0.3) is 0 Å². The first-order valence-electron chi connectivity index (χ1n) is 17.2. The Hall–Kier alpha value is -6.64. The van der Waals surface area contributed by atoms with Gasteiger partial charge in [0.05, 0.1) is 0 Å². The quantitative estimate of drug-likeness (QED) is 0.177. The molecule has 0 fully saturated rings. The van der Waals surface area contributed by atoms with E-state index in [1.807, 2.05) is 12.1 Å². The fraction of sp³-hybridized carbons (Fsp3) is 0. The molecule has 2 heterocycles. The number of furan rings is 2. The first-order chi connectivity index (χ1) is 24.8. The number of rotatable bonds is 2. The molecular weight excluding hydrogens is 609 g/mol. The minimum atomic E-state index is 0.872. The van der Waals surface area contributed by atoms with Gasteiger partial charge in [0.1, 0.15) is 22.3 Å². The lowest BCUT2D eigenvalue weighted by molar-refractivity contribution is 0.664. The molecule has 12 aromatic rings. The van der Waals surface area contributed by atoms with Crippen molar-refractivity contribution in [1.82, 2.24) is 0 Å². The Morgan fingerprint density at radius 1 is 0.280 bits per heavy atom. The zero-order valence-electron chi connectivity index (χ0n) is 26.8. The molecule has 10 aromatic carbocycles. The van der Waals surface area contributed by atoms with Crippen molar-refractivity contribution in [2.24, 2.45) is 0 Å². The van der Waals surface area contributed by atoms with Crippen LogP contribution in [0.2, 0.25) is 0 Å². The monoisotopic (exact) mass is 634 g/mol. The molecule has 0 spiro atoms. The van der Waals surface area contributed by atoms with Crippen LogP contribution in [-0.2, 0) is 0 Å². The van der Waals surface area contributed by atoms with Crippen molar-refractivity contribution in [3.63, 3.8) is 0 Å².